The summed E-state index contributed by atoms with van der Waals surface area (Å²) in [5.74, 6) is -1.92. The molecule has 4 rings (SSSR count). The number of aliphatic hydroxyl groups is 1. The Bertz CT molecular complexity index is 1320. The number of piperidine rings is 2. The van der Waals surface area contributed by atoms with Crippen molar-refractivity contribution in [2.24, 2.45) is 0 Å². The summed E-state index contributed by atoms with van der Waals surface area (Å²) in [6, 6.07) is 7.37. The van der Waals surface area contributed by atoms with Crippen LogP contribution in [0, 0.1) is 0 Å². The number of nitrogens with zero attached hydrogens (tertiary/aromatic N) is 3. The van der Waals surface area contributed by atoms with Gasteiger partial charge in [0.25, 0.3) is 17.4 Å². The van der Waals surface area contributed by atoms with Crippen molar-refractivity contribution in [1.82, 2.24) is 9.80 Å². The van der Waals surface area contributed by atoms with Crippen LogP contribution in [0.5, 0.6) is 0 Å². The number of hydrogen-bond acceptors (Lipinski definition) is 5. The van der Waals surface area contributed by atoms with Crippen LogP contribution < -0.4 is 4.90 Å². The maximum atomic E-state index is 14.0. The molecule has 2 amide bonds. The van der Waals surface area contributed by atoms with E-state index in [1.165, 1.54) is 4.90 Å². The van der Waals surface area contributed by atoms with Gasteiger partial charge in [0.2, 0.25) is 0 Å². The molecule has 43 heavy (non-hydrogen) atoms. The van der Waals surface area contributed by atoms with Crippen molar-refractivity contribution in [3.8, 4) is 0 Å². The molecule has 1 N–H and O–H groups in total. The van der Waals surface area contributed by atoms with Crippen molar-refractivity contribution in [2.75, 3.05) is 45.2 Å². The molecular formula is C29H32ClF6N3O4. The van der Waals surface area contributed by atoms with Crippen LogP contribution in [0.3, 0.4) is 0 Å². The van der Waals surface area contributed by atoms with Crippen molar-refractivity contribution in [2.45, 2.75) is 55.8 Å². The highest BCUT2D eigenvalue weighted by atomic mass is 35.5. The number of likely N-dealkylation sites (tertiary alicyclic amines) is 1. The number of rotatable bonds is 6. The number of ether oxygens (including phenoxy) is 1. The largest absolute Gasteiger partial charge is 0.430 e. The minimum atomic E-state index is -5.55. The highest BCUT2D eigenvalue weighted by Crippen LogP contribution is 2.43. The number of alkyl halides is 6. The van der Waals surface area contributed by atoms with E-state index in [1.807, 2.05) is 6.07 Å². The van der Waals surface area contributed by atoms with E-state index in [0.717, 1.165) is 16.7 Å². The predicted octanol–water partition coefficient (Wildman–Crippen LogP) is 5.49. The summed E-state index contributed by atoms with van der Waals surface area (Å²) < 4.78 is 87.7. The molecular weight excluding hydrogens is 604 g/mol. The van der Waals surface area contributed by atoms with Crippen molar-refractivity contribution < 1.29 is 45.8 Å². The highest BCUT2D eigenvalue weighted by Gasteiger charge is 2.62. The maximum absolute atomic E-state index is 14.0. The van der Waals surface area contributed by atoms with E-state index >= 15 is 0 Å². The number of halogens is 7. The Morgan fingerprint density at radius 3 is 1.95 bits per heavy atom. The molecule has 0 aliphatic carbocycles. The lowest BCUT2D eigenvalue weighted by Crippen LogP contribution is -2.57. The standard InChI is InChI=1S/C29H32ClF6N3O4/c1-37(2)25(40)23-7-6-20(17-24(23)30)38-12-8-21(9-13-38)43-22-10-14-39(15-11-22)26(41)27(42,29(34,35)36)18-4-3-5-19(16-18)28(31,32)33/h3-7,16-17,21-22,42H,8-15H2,1-2H3. The average Bonchev–Trinajstić information content (AvgIpc) is 2.95. The summed E-state index contributed by atoms with van der Waals surface area (Å²) in [6.45, 7) is 0.982. The van der Waals surface area contributed by atoms with Crippen molar-refractivity contribution in [1.29, 1.82) is 0 Å². The Kier molecular flexibility index (Phi) is 9.58. The predicted molar refractivity (Wildman–Crippen MR) is 147 cm³/mol. The average molecular weight is 636 g/mol. The molecule has 2 saturated heterocycles. The summed E-state index contributed by atoms with van der Waals surface area (Å²) >= 11 is 6.34. The van der Waals surface area contributed by atoms with Crippen molar-refractivity contribution >= 4 is 29.1 Å². The molecule has 0 radical (unpaired) electrons. The van der Waals surface area contributed by atoms with Gasteiger partial charge < -0.3 is 24.5 Å². The number of carbonyl (C=O) groups is 2. The van der Waals surface area contributed by atoms with Crippen LogP contribution in [0.4, 0.5) is 32.0 Å². The topological polar surface area (TPSA) is 73.3 Å². The summed E-state index contributed by atoms with van der Waals surface area (Å²) in [4.78, 5) is 29.6. The molecule has 0 spiro atoms. The number of hydrogen-bond donors (Lipinski definition) is 1. The van der Waals surface area contributed by atoms with Gasteiger partial charge in [-0.2, -0.15) is 26.3 Å². The fourth-order valence-corrected chi connectivity index (χ4v) is 5.65. The first-order chi connectivity index (χ1) is 20.0. The van der Waals surface area contributed by atoms with Gasteiger partial charge in [-0.25, -0.2) is 0 Å². The second-order valence-electron chi connectivity index (χ2n) is 11.0. The Hall–Kier alpha value is -3.03. The third-order valence-corrected chi connectivity index (χ3v) is 8.15. The van der Waals surface area contributed by atoms with E-state index in [2.05, 4.69) is 4.90 Å². The van der Waals surface area contributed by atoms with Gasteiger partial charge >= 0.3 is 12.4 Å². The smallest absolute Gasteiger partial charge is 0.375 e. The van der Waals surface area contributed by atoms with E-state index in [1.54, 1.807) is 26.2 Å². The normalized spacial score (nSPS) is 18.8. The Morgan fingerprint density at radius 2 is 1.44 bits per heavy atom. The quantitative estimate of drug-likeness (QED) is 0.426. The zero-order chi connectivity index (χ0) is 31.7. The first-order valence-electron chi connectivity index (χ1n) is 13.7. The Morgan fingerprint density at radius 1 is 0.884 bits per heavy atom. The summed E-state index contributed by atoms with van der Waals surface area (Å²) in [5.41, 5.74) is -5.45. The van der Waals surface area contributed by atoms with E-state index < -0.39 is 35.0 Å². The highest BCUT2D eigenvalue weighted by molar-refractivity contribution is 6.34. The molecule has 2 aromatic rings. The van der Waals surface area contributed by atoms with Crippen molar-refractivity contribution in [3.63, 3.8) is 0 Å². The first kappa shape index (κ1) is 32.9. The van der Waals surface area contributed by atoms with Crippen LogP contribution in [0.25, 0.3) is 0 Å². The van der Waals surface area contributed by atoms with Gasteiger partial charge in [0.15, 0.2) is 0 Å². The lowest BCUT2D eigenvalue weighted by atomic mass is 9.89. The molecule has 236 valence electrons. The van der Waals surface area contributed by atoms with Crippen LogP contribution in [-0.2, 0) is 21.3 Å². The van der Waals surface area contributed by atoms with E-state index in [4.69, 9.17) is 16.3 Å². The Balaban J connectivity index is 1.33. The van der Waals surface area contributed by atoms with Gasteiger partial charge in [-0.1, -0.05) is 23.7 Å². The molecule has 0 saturated carbocycles. The molecule has 2 aromatic carbocycles. The summed E-state index contributed by atoms with van der Waals surface area (Å²) in [6.07, 6.45) is -9.22. The van der Waals surface area contributed by atoms with Gasteiger partial charge in [-0.05, 0) is 56.0 Å². The molecule has 0 aromatic heterocycles. The second-order valence-corrected chi connectivity index (χ2v) is 11.4. The zero-order valence-corrected chi connectivity index (χ0v) is 24.3. The van der Waals surface area contributed by atoms with Crippen LogP contribution >= 0.6 is 11.6 Å². The summed E-state index contributed by atoms with van der Waals surface area (Å²) in [5, 5.41) is 11.0. The minimum Gasteiger partial charge on any atom is -0.375 e. The van der Waals surface area contributed by atoms with Crippen LogP contribution in [0.15, 0.2) is 42.5 Å². The van der Waals surface area contributed by atoms with Gasteiger partial charge in [-0.3, -0.25) is 9.59 Å². The lowest BCUT2D eigenvalue weighted by molar-refractivity contribution is -0.262. The van der Waals surface area contributed by atoms with Crippen LogP contribution in [0.1, 0.15) is 47.2 Å². The van der Waals surface area contributed by atoms with E-state index in [-0.39, 0.29) is 50.1 Å². The summed E-state index contributed by atoms with van der Waals surface area (Å²) in [7, 11) is 3.28. The van der Waals surface area contributed by atoms with Gasteiger partial charge in [0, 0.05) is 51.5 Å². The molecule has 2 heterocycles. The third-order valence-electron chi connectivity index (χ3n) is 7.84. The van der Waals surface area contributed by atoms with E-state index in [9.17, 15) is 41.0 Å². The van der Waals surface area contributed by atoms with Gasteiger partial charge in [0.05, 0.1) is 28.4 Å². The Labute approximate surface area is 249 Å². The van der Waals surface area contributed by atoms with Crippen LogP contribution in [-0.4, -0.2) is 85.4 Å². The molecule has 2 aliphatic heterocycles. The molecule has 2 fully saturated rings. The molecule has 14 heteroatoms. The number of carbonyl (C=O) groups excluding carboxylic acids is 2. The zero-order valence-electron chi connectivity index (χ0n) is 23.5. The third kappa shape index (κ3) is 7.04. The molecule has 7 nitrogen and oxygen atoms in total. The number of amides is 2. The second kappa shape index (κ2) is 12.5. The minimum absolute atomic E-state index is 0.120. The van der Waals surface area contributed by atoms with E-state index in [0.29, 0.717) is 48.6 Å². The molecule has 0 bridgehead atoms. The van der Waals surface area contributed by atoms with Gasteiger partial charge in [0.1, 0.15) is 0 Å². The van der Waals surface area contributed by atoms with Gasteiger partial charge in [-0.15, -0.1) is 0 Å². The molecule has 2 aliphatic rings. The lowest BCUT2D eigenvalue weighted by Gasteiger charge is -2.40. The maximum Gasteiger partial charge on any atom is 0.430 e. The monoisotopic (exact) mass is 635 g/mol. The fourth-order valence-electron chi connectivity index (χ4n) is 5.39. The fraction of sp³-hybridized carbons (Fsp3) is 0.517. The first-order valence-corrected chi connectivity index (χ1v) is 14.1. The number of anilines is 1. The number of benzene rings is 2. The SMILES string of the molecule is CN(C)C(=O)c1ccc(N2CCC(OC3CCN(C(=O)C(O)(c4cccc(C(F)(F)F)c4)C(F)(F)F)CC3)CC2)cc1Cl. The molecule has 1 unspecified atom stereocenters. The van der Waals surface area contributed by atoms with Crippen LogP contribution in [0.2, 0.25) is 5.02 Å². The molecule has 1 atom stereocenters. The van der Waals surface area contributed by atoms with Crippen molar-refractivity contribution in [3.05, 3.63) is 64.2 Å².